The third kappa shape index (κ3) is 9.74. The topological polar surface area (TPSA) is 12.9 Å². The van der Waals surface area contributed by atoms with E-state index < -0.39 is 0 Å². The Bertz CT molecular complexity index is 4040. The van der Waals surface area contributed by atoms with Crippen LogP contribution in [0.2, 0.25) is 0 Å². The summed E-state index contributed by atoms with van der Waals surface area (Å²) in [5, 5.41) is 0. The number of pyridine rings is 1. The fourth-order valence-electron chi connectivity index (χ4n) is 12.6. The summed E-state index contributed by atoms with van der Waals surface area (Å²) in [7, 11) is 0. The van der Waals surface area contributed by atoms with Crippen molar-refractivity contribution in [2.45, 2.75) is 0 Å². The molecule has 0 unspecified atom stereocenters. The van der Waals surface area contributed by atoms with Gasteiger partial charge in [-0.15, -0.1) is 0 Å². The first-order valence-corrected chi connectivity index (χ1v) is 28.9. The number of nitrogens with zero attached hydrogens (tertiary/aromatic N) is 1. The van der Waals surface area contributed by atoms with Crippen molar-refractivity contribution in [1.29, 1.82) is 0 Å². The highest BCUT2D eigenvalue weighted by Gasteiger charge is 2.31. The van der Waals surface area contributed by atoms with Crippen LogP contribution in [0.3, 0.4) is 0 Å². The molecule has 1 aromatic heterocycles. The van der Waals surface area contributed by atoms with Gasteiger partial charge in [-0.05, 0) is 152 Å². The molecule has 0 fully saturated rings. The van der Waals surface area contributed by atoms with E-state index >= 15 is 0 Å². The fraction of sp³-hybridized carbons (Fsp3) is 0. The molecule has 0 atom stereocenters. The van der Waals surface area contributed by atoms with Crippen LogP contribution in [0.15, 0.2) is 346 Å². The van der Waals surface area contributed by atoms with Gasteiger partial charge in [0.2, 0.25) is 0 Å². The van der Waals surface area contributed by atoms with Crippen molar-refractivity contribution < 1.29 is 0 Å². The summed E-state index contributed by atoms with van der Waals surface area (Å²) >= 11 is 0. The van der Waals surface area contributed by atoms with Gasteiger partial charge in [0, 0.05) is 11.8 Å². The first-order chi connectivity index (χ1) is 41.8. The minimum atomic E-state index is 0.872. The van der Waals surface area contributed by atoms with E-state index in [0.717, 1.165) is 100 Å². The Hall–Kier alpha value is -11.0. The van der Waals surface area contributed by atoms with Crippen LogP contribution in [-0.2, 0) is 0 Å². The lowest BCUT2D eigenvalue weighted by Gasteiger charge is -2.29. The van der Waals surface area contributed by atoms with Crippen LogP contribution in [-0.4, -0.2) is 4.98 Å². The predicted molar refractivity (Wildman–Crippen MR) is 355 cm³/mol. The molecule has 13 aromatic carbocycles. The molecule has 0 amide bonds. The van der Waals surface area contributed by atoms with Gasteiger partial charge in [-0.25, -0.2) is 0 Å². The van der Waals surface area contributed by atoms with Crippen LogP contribution in [0.1, 0.15) is 0 Å². The van der Waals surface area contributed by atoms with E-state index in [-0.39, 0.29) is 0 Å². The summed E-state index contributed by atoms with van der Waals surface area (Å²) < 4.78 is 0. The molecule has 0 radical (unpaired) electrons. The molecule has 0 bridgehead atoms. The average molecular weight is 1070 g/mol. The summed E-state index contributed by atoms with van der Waals surface area (Å²) in [4.78, 5) is 5.35. The number of hydrogen-bond acceptors (Lipinski definition) is 1. The molecule has 1 heterocycles. The first-order valence-electron chi connectivity index (χ1n) is 28.9. The van der Waals surface area contributed by atoms with Crippen LogP contribution in [0.25, 0.3) is 145 Å². The molecule has 0 aliphatic heterocycles. The SMILES string of the molecule is c1ccc(-c2c(-c3ccccc3)c(-c3ccccc3)c(-c3cccc(-c4cc(-c5c(-c6ccccc6)c(-c6ccccc6)c(-c6ccccc6)c(-c6ccccc6)c5-c5ccccc5)ccn4)c3)c(-c3ccccc3)c2-c2ccccc2)cc1. The lowest BCUT2D eigenvalue weighted by Crippen LogP contribution is -2.02. The first kappa shape index (κ1) is 51.2. The number of hydrogen-bond donors (Lipinski definition) is 0. The van der Waals surface area contributed by atoms with Gasteiger partial charge in [0.1, 0.15) is 0 Å². The van der Waals surface area contributed by atoms with Gasteiger partial charge in [-0.3, -0.25) is 4.98 Å². The summed E-state index contributed by atoms with van der Waals surface area (Å²) in [5.74, 6) is 0. The van der Waals surface area contributed by atoms with E-state index in [4.69, 9.17) is 4.98 Å². The van der Waals surface area contributed by atoms with Crippen LogP contribution < -0.4 is 0 Å². The van der Waals surface area contributed by atoms with Crippen molar-refractivity contribution >= 4 is 0 Å². The largest absolute Gasteiger partial charge is 0.256 e. The van der Waals surface area contributed by atoms with Crippen LogP contribution in [0.4, 0.5) is 0 Å². The van der Waals surface area contributed by atoms with E-state index in [1.807, 2.05) is 6.20 Å². The Kier molecular flexibility index (Phi) is 14.2. The Morgan fingerprint density at radius 1 is 0.131 bits per heavy atom. The van der Waals surface area contributed by atoms with Crippen molar-refractivity contribution in [2.75, 3.05) is 0 Å². The van der Waals surface area contributed by atoms with Crippen LogP contribution in [0.5, 0.6) is 0 Å². The Morgan fingerprint density at radius 3 is 0.512 bits per heavy atom. The Morgan fingerprint density at radius 2 is 0.298 bits per heavy atom. The number of benzene rings is 13. The quantitative estimate of drug-likeness (QED) is 0.112. The molecule has 0 N–H and O–H groups in total. The zero-order valence-corrected chi connectivity index (χ0v) is 46.4. The van der Waals surface area contributed by atoms with Crippen LogP contribution in [0, 0.1) is 0 Å². The van der Waals surface area contributed by atoms with Crippen molar-refractivity contribution in [2.24, 2.45) is 0 Å². The van der Waals surface area contributed by atoms with Crippen LogP contribution >= 0.6 is 0 Å². The maximum Gasteiger partial charge on any atom is 0.0708 e. The fourth-order valence-corrected chi connectivity index (χ4v) is 12.6. The molecule has 0 saturated carbocycles. The third-order valence-electron chi connectivity index (χ3n) is 16.1. The van der Waals surface area contributed by atoms with E-state index in [2.05, 4.69) is 340 Å². The second-order valence-corrected chi connectivity index (χ2v) is 21.2. The maximum absolute atomic E-state index is 5.35. The molecule has 0 aliphatic rings. The molecule has 394 valence electrons. The summed E-state index contributed by atoms with van der Waals surface area (Å²) in [6, 6.07) is 124. The van der Waals surface area contributed by atoms with Gasteiger partial charge < -0.3 is 0 Å². The highest BCUT2D eigenvalue weighted by molar-refractivity contribution is 6.17. The van der Waals surface area contributed by atoms with Gasteiger partial charge in [0.15, 0.2) is 0 Å². The van der Waals surface area contributed by atoms with E-state index in [9.17, 15) is 0 Å². The summed E-state index contributed by atoms with van der Waals surface area (Å²) in [5.41, 5.74) is 29.4. The Balaban J connectivity index is 1.10. The lowest BCUT2D eigenvalue weighted by atomic mass is 9.74. The van der Waals surface area contributed by atoms with E-state index in [0.29, 0.717) is 0 Å². The lowest BCUT2D eigenvalue weighted by molar-refractivity contribution is 1.32. The zero-order valence-electron chi connectivity index (χ0n) is 46.4. The molecule has 1 nitrogen and oxygen atoms in total. The van der Waals surface area contributed by atoms with Crippen molar-refractivity contribution in [3.05, 3.63) is 346 Å². The molecular formula is C83H57N. The molecule has 14 aromatic rings. The molecule has 14 rings (SSSR count). The second kappa shape index (κ2) is 23.2. The van der Waals surface area contributed by atoms with E-state index in [1.54, 1.807) is 0 Å². The molecule has 0 spiro atoms. The number of aromatic nitrogens is 1. The molecule has 0 aliphatic carbocycles. The van der Waals surface area contributed by atoms with E-state index in [1.165, 1.54) is 44.5 Å². The molecule has 84 heavy (non-hydrogen) atoms. The predicted octanol–water partition coefficient (Wildman–Crippen LogP) is 22.8. The second-order valence-electron chi connectivity index (χ2n) is 21.2. The van der Waals surface area contributed by atoms with Crippen molar-refractivity contribution in [3.8, 4) is 145 Å². The molecule has 0 saturated heterocycles. The monoisotopic (exact) mass is 1070 g/mol. The normalized spacial score (nSPS) is 11.1. The average Bonchev–Trinajstić information content (AvgIpc) is 0.908. The minimum Gasteiger partial charge on any atom is -0.256 e. The summed E-state index contributed by atoms with van der Waals surface area (Å²) in [6.45, 7) is 0. The van der Waals surface area contributed by atoms with Gasteiger partial charge in [0.05, 0.1) is 5.69 Å². The standard InChI is InChI=1S/C83H57N/c1-11-32-58(33-12-1)72-74(60-36-15-3-16-37-60)78(64-44-23-7-24-45-64)82(79(65-46-25-8-26-47-65)75(72)61-38-17-4-18-39-61)69-53-31-52-68(56-69)71-57-70(54-55-84-71)83-80(66-48-27-9-28-49-66)76(62-40-19-5-20-41-62)73(59-34-13-2-14-35-59)77(63-42-21-6-22-43-63)81(83)67-50-29-10-30-51-67/h1-57H. The number of rotatable bonds is 13. The zero-order chi connectivity index (χ0) is 56.0. The molecular weight excluding hydrogens is 1010 g/mol. The maximum atomic E-state index is 5.35. The smallest absolute Gasteiger partial charge is 0.0708 e. The highest BCUT2D eigenvalue weighted by Crippen LogP contribution is 2.58. The van der Waals surface area contributed by atoms with Gasteiger partial charge in [-0.1, -0.05) is 322 Å². The molecule has 1 heteroatoms. The minimum absolute atomic E-state index is 0.872. The summed E-state index contributed by atoms with van der Waals surface area (Å²) in [6.07, 6.45) is 2.01. The van der Waals surface area contributed by atoms with Gasteiger partial charge >= 0.3 is 0 Å². The highest BCUT2D eigenvalue weighted by atomic mass is 14.7. The Labute approximate surface area is 492 Å². The van der Waals surface area contributed by atoms with Crippen molar-refractivity contribution in [1.82, 2.24) is 4.98 Å². The van der Waals surface area contributed by atoms with Gasteiger partial charge in [0.25, 0.3) is 0 Å². The third-order valence-corrected chi connectivity index (χ3v) is 16.1. The van der Waals surface area contributed by atoms with Crippen molar-refractivity contribution in [3.63, 3.8) is 0 Å². The van der Waals surface area contributed by atoms with Gasteiger partial charge in [-0.2, -0.15) is 0 Å².